The molecule has 14 heavy (non-hydrogen) atoms. The van der Waals surface area contributed by atoms with E-state index in [1.165, 1.54) is 51.1 Å². The first-order chi connectivity index (χ1) is 6.33. The fraction of sp³-hybridized carbons (Fsp3) is 0.917. The Labute approximate surface area is 118 Å². The summed E-state index contributed by atoms with van der Waals surface area (Å²) in [5.74, 6) is 0. The van der Waals surface area contributed by atoms with Gasteiger partial charge in [0.2, 0.25) is 0 Å². The fourth-order valence-electron chi connectivity index (χ4n) is 0.998. The van der Waals surface area contributed by atoms with Crippen LogP contribution < -0.4 is 0 Å². The van der Waals surface area contributed by atoms with Crippen molar-refractivity contribution in [3.8, 4) is 0 Å². The Kier molecular flexibility index (Phi) is 35.7. The average molecular weight is 441 g/mol. The smallest absolute Gasteiger partial charge is 0 e. The van der Waals surface area contributed by atoms with Gasteiger partial charge in [-0.25, -0.2) is 0 Å². The van der Waals surface area contributed by atoms with Gasteiger partial charge in [-0.3, -0.25) is 0 Å². The van der Waals surface area contributed by atoms with Gasteiger partial charge < -0.3 is 6.92 Å². The van der Waals surface area contributed by atoms with E-state index in [-0.39, 0.29) is 31.1 Å². The van der Waals surface area contributed by atoms with Crippen LogP contribution in [0.5, 0.6) is 0 Å². The van der Waals surface area contributed by atoms with Gasteiger partial charge in [0.05, 0.1) is 0 Å². The molecule has 0 saturated heterocycles. The van der Waals surface area contributed by atoms with Crippen molar-refractivity contribution in [2.75, 3.05) is 6.16 Å². The van der Waals surface area contributed by atoms with Crippen LogP contribution in [0.4, 0.5) is 0 Å². The van der Waals surface area contributed by atoms with Crippen molar-refractivity contribution in [1.29, 1.82) is 0 Å². The molecule has 0 aliphatic carbocycles. The third kappa shape index (κ3) is 29.2. The first kappa shape index (κ1) is 20.8. The maximum Gasteiger partial charge on any atom is 0 e. The Hall–Kier alpha value is 1.48. The Morgan fingerprint density at radius 1 is 0.857 bits per heavy atom. The first-order valence-electron chi connectivity index (χ1n) is 5.82. The zero-order valence-electron chi connectivity index (χ0n) is 10.1. The van der Waals surface area contributed by atoms with Gasteiger partial charge in [-0.15, -0.1) is 9.24 Å². The number of hydrogen-bond acceptors (Lipinski definition) is 0. The summed E-state index contributed by atoms with van der Waals surface area (Å²) in [5, 5.41) is 0. The normalized spacial score (nSPS) is 8.57. The number of unbranched alkanes of at least 4 members (excludes halogenated alkanes) is 6. The number of hydrogen-bond donors (Lipinski definition) is 0. The van der Waals surface area contributed by atoms with Crippen LogP contribution in [0.25, 0.3) is 0 Å². The molecule has 0 rings (SSSR count). The molecular weight excluding hydrogens is 413 g/mol. The van der Waals surface area contributed by atoms with E-state index in [9.17, 15) is 0 Å². The zero-order valence-corrected chi connectivity index (χ0v) is 15.5. The van der Waals surface area contributed by atoms with Gasteiger partial charge in [0.25, 0.3) is 0 Å². The molecule has 0 aromatic rings. The van der Waals surface area contributed by atoms with Gasteiger partial charge in [-0.2, -0.15) is 6.42 Å². The van der Waals surface area contributed by atoms with E-state index in [1.54, 1.807) is 0 Å². The van der Waals surface area contributed by atoms with Crippen molar-refractivity contribution in [3.63, 3.8) is 0 Å². The Balaban J connectivity index is -0.000000163. The molecule has 0 bridgehead atoms. The molecule has 0 heterocycles. The predicted octanol–water partition coefficient (Wildman–Crippen LogP) is 4.84. The quantitative estimate of drug-likeness (QED) is 0.301. The van der Waals surface area contributed by atoms with E-state index < -0.39 is 0 Å². The van der Waals surface area contributed by atoms with Crippen LogP contribution in [0.2, 0.25) is 0 Å². The predicted molar refractivity (Wildman–Crippen MR) is 68.2 cm³/mol. The minimum absolute atomic E-state index is 0. The van der Waals surface area contributed by atoms with E-state index in [4.69, 9.17) is 0 Å². The largest absolute Gasteiger partial charge is 0.343 e. The van der Waals surface area contributed by atoms with Crippen molar-refractivity contribution in [2.45, 2.75) is 65.2 Å². The monoisotopic (exact) mass is 441 g/mol. The molecule has 0 radical (unpaired) electrons. The molecule has 0 N–H and O–H groups in total. The van der Waals surface area contributed by atoms with Crippen LogP contribution >= 0.6 is 9.24 Å². The van der Waals surface area contributed by atoms with Crippen LogP contribution in [0, 0.1) is 38.0 Å². The molecule has 0 aliphatic rings. The summed E-state index contributed by atoms with van der Waals surface area (Å²) >= 11 is 0. The number of rotatable bonds is 7. The third-order valence-corrected chi connectivity index (χ3v) is 2.32. The minimum Gasteiger partial charge on any atom is -0.343 e. The maximum absolute atomic E-state index is 3.72. The zero-order chi connectivity index (χ0) is 10.4. The molecular formula is C12H28PU-. The first-order valence-corrected chi connectivity index (χ1v) is 6.64. The van der Waals surface area contributed by atoms with Gasteiger partial charge in [-0.05, 0) is 12.6 Å². The SMILES string of the molecule is CCCCCCP.[CH2-]CCCCC.[U]. The van der Waals surface area contributed by atoms with E-state index in [1.807, 2.05) is 0 Å². The van der Waals surface area contributed by atoms with E-state index >= 15 is 0 Å². The van der Waals surface area contributed by atoms with Crippen molar-refractivity contribution in [3.05, 3.63) is 6.92 Å². The molecule has 86 valence electrons. The topological polar surface area (TPSA) is 0 Å². The van der Waals surface area contributed by atoms with Crippen LogP contribution in [0.15, 0.2) is 0 Å². The minimum atomic E-state index is 0. The third-order valence-electron chi connectivity index (χ3n) is 1.91. The maximum atomic E-state index is 3.72. The fourth-order valence-corrected chi connectivity index (χ4v) is 1.29. The van der Waals surface area contributed by atoms with Gasteiger partial charge in [0.1, 0.15) is 0 Å². The van der Waals surface area contributed by atoms with Gasteiger partial charge in [0.15, 0.2) is 0 Å². The standard InChI is InChI=1S/C6H15P.C6H13.U/c1-2-3-4-5-6-7;1-3-5-6-4-2;/h2-7H2,1H3;1,3-6H2,2H3;/q;-1;. The van der Waals surface area contributed by atoms with Crippen molar-refractivity contribution < 1.29 is 31.1 Å². The Morgan fingerprint density at radius 2 is 1.36 bits per heavy atom. The van der Waals surface area contributed by atoms with Gasteiger partial charge in [-0.1, -0.05) is 52.4 Å². The summed E-state index contributed by atoms with van der Waals surface area (Å²) in [5.41, 5.74) is 0. The summed E-state index contributed by atoms with van der Waals surface area (Å²) in [6.45, 7) is 8.17. The van der Waals surface area contributed by atoms with Crippen LogP contribution in [0.1, 0.15) is 65.2 Å². The second-order valence-electron chi connectivity index (χ2n) is 3.41. The van der Waals surface area contributed by atoms with Crippen molar-refractivity contribution >= 4 is 9.24 Å². The van der Waals surface area contributed by atoms with Crippen molar-refractivity contribution in [1.82, 2.24) is 0 Å². The molecule has 0 nitrogen and oxygen atoms in total. The van der Waals surface area contributed by atoms with E-state index in [0.717, 1.165) is 6.42 Å². The average Bonchev–Trinajstić information content (AvgIpc) is 2.17. The molecule has 0 aromatic heterocycles. The molecule has 0 spiro atoms. The molecule has 0 fully saturated rings. The van der Waals surface area contributed by atoms with Crippen LogP contribution in [-0.4, -0.2) is 6.16 Å². The van der Waals surface area contributed by atoms with Gasteiger partial charge >= 0.3 is 0 Å². The van der Waals surface area contributed by atoms with E-state index in [0.29, 0.717) is 0 Å². The summed E-state index contributed by atoms with van der Waals surface area (Å²) < 4.78 is 0. The Bertz CT molecular complexity index is 59.3. The Morgan fingerprint density at radius 3 is 1.64 bits per heavy atom. The second kappa shape index (κ2) is 24.0. The van der Waals surface area contributed by atoms with Gasteiger partial charge in [0, 0.05) is 31.1 Å². The molecule has 0 saturated carbocycles. The molecule has 0 aromatic carbocycles. The summed E-state index contributed by atoms with van der Waals surface area (Å²) in [6, 6.07) is 0. The second-order valence-corrected chi connectivity index (χ2v) is 3.99. The summed E-state index contributed by atoms with van der Waals surface area (Å²) in [4.78, 5) is 0. The van der Waals surface area contributed by atoms with E-state index in [2.05, 4.69) is 30.0 Å². The molecule has 2 heteroatoms. The van der Waals surface area contributed by atoms with Crippen LogP contribution in [-0.2, 0) is 0 Å². The summed E-state index contributed by atoms with van der Waals surface area (Å²) in [6.07, 6.45) is 11.9. The molecule has 0 aliphatic heterocycles. The molecule has 1 unspecified atom stereocenters. The van der Waals surface area contributed by atoms with Crippen molar-refractivity contribution in [2.24, 2.45) is 0 Å². The van der Waals surface area contributed by atoms with Crippen LogP contribution in [0.3, 0.4) is 0 Å². The molecule has 0 amide bonds. The molecule has 1 atom stereocenters. The summed E-state index contributed by atoms with van der Waals surface area (Å²) in [7, 11) is 2.75.